The van der Waals surface area contributed by atoms with E-state index < -0.39 is 44.7 Å². The minimum Gasteiger partial charge on any atom is -0.370 e. The number of benzene rings is 2. The van der Waals surface area contributed by atoms with Gasteiger partial charge in [0.1, 0.15) is 6.10 Å². The van der Waals surface area contributed by atoms with Gasteiger partial charge >= 0.3 is 12.4 Å². The van der Waals surface area contributed by atoms with Crippen LogP contribution in [0.5, 0.6) is 0 Å². The van der Waals surface area contributed by atoms with Crippen LogP contribution in [-0.2, 0) is 20.2 Å². The van der Waals surface area contributed by atoms with Gasteiger partial charge in [-0.1, -0.05) is 43.0 Å². The Balaban J connectivity index is 2.00. The molecule has 0 unspecified atom stereocenters. The Bertz CT molecular complexity index is 1260. The average molecular weight is 564 g/mol. The number of halogens is 6. The maximum Gasteiger partial charge on any atom is 0.430 e. The van der Waals surface area contributed by atoms with Gasteiger partial charge in [0.15, 0.2) is 9.84 Å². The van der Waals surface area contributed by atoms with E-state index in [9.17, 15) is 39.9 Å². The first kappa shape index (κ1) is 29.8. The van der Waals surface area contributed by atoms with Crippen LogP contribution in [-0.4, -0.2) is 57.4 Å². The van der Waals surface area contributed by atoms with Gasteiger partial charge in [0, 0.05) is 31.3 Å². The van der Waals surface area contributed by atoms with E-state index in [4.69, 9.17) is 4.74 Å². The zero-order chi connectivity index (χ0) is 28.4. The third-order valence-electron chi connectivity index (χ3n) is 6.55. The summed E-state index contributed by atoms with van der Waals surface area (Å²) in [6.45, 7) is 2.09. The summed E-state index contributed by atoms with van der Waals surface area (Å²) >= 11 is 0. The van der Waals surface area contributed by atoms with E-state index in [2.05, 4.69) is 11.8 Å². The number of hydrogen-bond acceptors (Lipinski definition) is 5. The van der Waals surface area contributed by atoms with Crippen LogP contribution in [0.4, 0.5) is 32.0 Å². The molecule has 0 saturated carbocycles. The minimum absolute atomic E-state index is 0.172. The van der Waals surface area contributed by atoms with Gasteiger partial charge in [0.25, 0.3) is 5.60 Å². The summed E-state index contributed by atoms with van der Waals surface area (Å²) in [5, 5.41) is 9.18. The monoisotopic (exact) mass is 563 g/mol. The zero-order valence-corrected chi connectivity index (χ0v) is 21.4. The van der Waals surface area contributed by atoms with Crippen LogP contribution in [0.25, 0.3) is 0 Å². The number of ether oxygens (including phenoxy) is 1. The van der Waals surface area contributed by atoms with E-state index in [1.807, 2.05) is 0 Å². The lowest BCUT2D eigenvalue weighted by Gasteiger charge is -2.35. The summed E-state index contributed by atoms with van der Waals surface area (Å²) in [4.78, 5) is 1.84. The molecule has 3 rings (SSSR count). The number of rotatable bonds is 6. The second-order valence-corrected chi connectivity index (χ2v) is 11.1. The summed E-state index contributed by atoms with van der Waals surface area (Å²) in [5.41, 5.74) is -6.46. The lowest BCUT2D eigenvalue weighted by molar-refractivity contribution is -0.376. The third kappa shape index (κ3) is 5.80. The quantitative estimate of drug-likeness (QED) is 0.386. The minimum atomic E-state index is -6.04. The highest BCUT2D eigenvalue weighted by Gasteiger charge is 2.71. The first-order valence-electron chi connectivity index (χ1n) is 11.7. The van der Waals surface area contributed by atoms with Gasteiger partial charge in [-0.3, -0.25) is 0 Å². The average Bonchev–Trinajstić information content (AvgIpc) is 2.88. The fourth-order valence-electron chi connectivity index (χ4n) is 4.32. The van der Waals surface area contributed by atoms with Crippen LogP contribution in [0.1, 0.15) is 37.3 Å². The molecule has 5 nitrogen and oxygen atoms in total. The lowest BCUT2D eigenvalue weighted by Crippen LogP contribution is -2.54. The Morgan fingerprint density at radius 2 is 1.61 bits per heavy atom. The molecule has 0 spiro atoms. The van der Waals surface area contributed by atoms with Crippen LogP contribution >= 0.6 is 0 Å². The van der Waals surface area contributed by atoms with Crippen molar-refractivity contribution in [2.75, 3.05) is 25.1 Å². The number of methoxy groups -OCH3 is 1. The molecule has 2 aromatic rings. The Morgan fingerprint density at radius 3 is 2.11 bits per heavy atom. The summed E-state index contributed by atoms with van der Waals surface area (Å²) < 4.78 is 112. The van der Waals surface area contributed by atoms with Gasteiger partial charge in [-0.15, -0.1) is 0 Å². The number of hydrogen-bond donors (Lipinski definition) is 1. The molecule has 208 valence electrons. The van der Waals surface area contributed by atoms with Crippen molar-refractivity contribution < 1.29 is 44.6 Å². The third-order valence-corrected chi connectivity index (χ3v) is 8.83. The van der Waals surface area contributed by atoms with Crippen LogP contribution < -0.4 is 4.90 Å². The van der Waals surface area contributed by atoms with Crippen LogP contribution in [0, 0.1) is 11.8 Å². The van der Waals surface area contributed by atoms with Crippen molar-refractivity contribution >= 4 is 15.5 Å². The predicted molar refractivity (Wildman–Crippen MR) is 129 cm³/mol. The Morgan fingerprint density at radius 1 is 1.03 bits per heavy atom. The van der Waals surface area contributed by atoms with Gasteiger partial charge in [0.05, 0.1) is 15.8 Å². The van der Waals surface area contributed by atoms with Crippen LogP contribution in [0.15, 0.2) is 53.4 Å². The largest absolute Gasteiger partial charge is 0.430 e. The van der Waals surface area contributed by atoms with Gasteiger partial charge in [0.2, 0.25) is 0 Å². The molecule has 1 heterocycles. The highest BCUT2D eigenvalue weighted by molar-refractivity contribution is 7.92. The van der Waals surface area contributed by atoms with Gasteiger partial charge in [-0.05, 0) is 43.5 Å². The maximum absolute atomic E-state index is 13.5. The van der Waals surface area contributed by atoms with Gasteiger partial charge in [-0.25, -0.2) is 8.42 Å². The molecule has 2 aromatic carbocycles. The lowest BCUT2D eigenvalue weighted by atomic mass is 9.90. The van der Waals surface area contributed by atoms with Crippen LogP contribution in [0.3, 0.4) is 0 Å². The highest BCUT2D eigenvalue weighted by atomic mass is 32.2. The van der Waals surface area contributed by atoms with E-state index in [0.29, 0.717) is 18.6 Å². The van der Waals surface area contributed by atoms with Gasteiger partial charge < -0.3 is 14.7 Å². The van der Waals surface area contributed by atoms with Crippen LogP contribution in [0.2, 0.25) is 0 Å². The van der Waals surface area contributed by atoms with E-state index in [1.54, 1.807) is 30.0 Å². The fourth-order valence-corrected chi connectivity index (χ4v) is 6.07. The number of anilines is 1. The van der Waals surface area contributed by atoms with Crippen molar-refractivity contribution in [3.63, 3.8) is 0 Å². The van der Waals surface area contributed by atoms with E-state index in [1.165, 1.54) is 19.2 Å². The molecule has 1 saturated heterocycles. The smallest absolute Gasteiger partial charge is 0.370 e. The number of alkyl halides is 6. The molecule has 1 aliphatic heterocycles. The maximum atomic E-state index is 13.5. The summed E-state index contributed by atoms with van der Waals surface area (Å²) in [6.07, 6.45) is -11.9. The van der Waals surface area contributed by atoms with E-state index >= 15 is 0 Å². The van der Waals surface area contributed by atoms with Crippen molar-refractivity contribution in [1.82, 2.24) is 0 Å². The Kier molecular flexibility index (Phi) is 8.75. The molecule has 38 heavy (non-hydrogen) atoms. The molecule has 1 aliphatic rings. The van der Waals surface area contributed by atoms with Crippen molar-refractivity contribution in [2.45, 2.75) is 60.4 Å². The Hall–Kier alpha value is -2.75. The van der Waals surface area contributed by atoms with Crippen molar-refractivity contribution in [3.8, 4) is 11.8 Å². The first-order chi connectivity index (χ1) is 17.7. The fraction of sp³-hybridized carbons (Fsp3) is 0.462. The molecule has 0 radical (unpaired) electrons. The second-order valence-electron chi connectivity index (χ2n) is 8.88. The SMILES string of the molecule is CC[C@H](C#Cc1cc(C(O)(C(F)(F)F)C(F)(F)F)ccc1N1CCC(S(=O)(=O)c2ccccc2)CC1)OC. The molecule has 12 heteroatoms. The van der Waals surface area contributed by atoms with Crippen molar-refractivity contribution in [1.29, 1.82) is 0 Å². The molecule has 0 aliphatic carbocycles. The molecular weight excluding hydrogens is 536 g/mol. The molecule has 0 bridgehead atoms. The topological polar surface area (TPSA) is 66.8 Å². The first-order valence-corrected chi connectivity index (χ1v) is 13.3. The molecule has 0 aromatic heterocycles. The molecule has 1 fully saturated rings. The number of nitrogens with zero attached hydrogens (tertiary/aromatic N) is 1. The molecule has 1 N–H and O–H groups in total. The normalized spacial score (nSPS) is 16.6. The number of piperidine rings is 1. The van der Waals surface area contributed by atoms with E-state index in [-0.39, 0.29) is 42.1 Å². The summed E-state index contributed by atoms with van der Waals surface area (Å²) in [6, 6.07) is 10.1. The summed E-state index contributed by atoms with van der Waals surface area (Å²) in [5.74, 6) is 5.30. The van der Waals surface area contributed by atoms with Crippen molar-refractivity contribution in [3.05, 3.63) is 59.7 Å². The predicted octanol–water partition coefficient (Wildman–Crippen LogP) is 5.22. The molecule has 1 atom stereocenters. The van der Waals surface area contributed by atoms with E-state index in [0.717, 1.165) is 6.07 Å². The van der Waals surface area contributed by atoms with Crippen molar-refractivity contribution in [2.24, 2.45) is 0 Å². The highest BCUT2D eigenvalue weighted by Crippen LogP contribution is 2.50. The molecular formula is C26H27F6NO4S. The number of aliphatic hydroxyl groups is 1. The number of sulfone groups is 1. The summed E-state index contributed by atoms with van der Waals surface area (Å²) in [7, 11) is -2.25. The Labute approximate surface area is 217 Å². The van der Waals surface area contributed by atoms with Gasteiger partial charge in [-0.2, -0.15) is 26.3 Å². The standard InChI is InChI=1S/C26H27F6NO4S/c1-3-20(37-2)11-9-18-17-19(24(34,25(27,28)29)26(30,31)32)10-12-23(18)33-15-13-22(14-16-33)38(35,36)21-7-5-4-6-8-21/h4-8,10,12,17,20,22,34H,3,13-16H2,1-2H3/t20-/m1/s1. The second kappa shape index (κ2) is 11.2. The molecule has 0 amide bonds. The zero-order valence-electron chi connectivity index (χ0n) is 20.6.